The van der Waals surface area contributed by atoms with E-state index in [0.717, 1.165) is 20.1 Å². The van der Waals surface area contributed by atoms with Crippen molar-refractivity contribution in [2.75, 3.05) is 0 Å². The van der Waals surface area contributed by atoms with E-state index in [-0.39, 0.29) is 21.8 Å². The van der Waals surface area contributed by atoms with Crippen molar-refractivity contribution >= 4 is 44.0 Å². The molecule has 120 valence electrons. The Kier molecular flexibility index (Phi) is 4.97. The number of halogens is 2. The molecule has 0 aliphatic rings. The van der Waals surface area contributed by atoms with Gasteiger partial charge in [0.2, 0.25) is 0 Å². The Balaban J connectivity index is 2.18. The Bertz CT molecular complexity index is 1040. The van der Waals surface area contributed by atoms with E-state index < -0.39 is 0 Å². The van der Waals surface area contributed by atoms with Crippen LogP contribution >= 0.6 is 31.9 Å². The number of nitrogens with one attached hydrogen (secondary N) is 2. The van der Waals surface area contributed by atoms with Gasteiger partial charge in [-0.2, -0.15) is 0 Å². The highest BCUT2D eigenvalue weighted by Crippen LogP contribution is 2.16. The normalized spacial score (nSPS) is 12.6. The molecule has 0 aliphatic carbocycles. The summed E-state index contributed by atoms with van der Waals surface area (Å²) >= 11 is 6.83. The maximum absolute atomic E-state index is 12.3. The summed E-state index contributed by atoms with van der Waals surface area (Å²) in [7, 11) is 0. The Morgan fingerprint density at radius 3 is 1.42 bits per heavy atom. The van der Waals surface area contributed by atoms with Crippen LogP contribution in [0.4, 0.5) is 0 Å². The van der Waals surface area contributed by atoms with Gasteiger partial charge in [-0.05, 0) is 35.4 Å². The molecule has 0 bridgehead atoms. The highest BCUT2D eigenvalue weighted by molar-refractivity contribution is 9.10. The zero-order valence-electron chi connectivity index (χ0n) is 12.3. The molecule has 0 amide bonds. The molecular weight excluding hydrogens is 436 g/mol. The molecule has 0 radical (unpaired) electrons. The predicted octanol–water partition coefficient (Wildman–Crippen LogP) is 2.25. The second-order valence-electron chi connectivity index (χ2n) is 5.07. The monoisotopic (exact) mass is 446 g/mol. The second kappa shape index (κ2) is 7.15. The maximum atomic E-state index is 12.3. The standard InChI is InChI=1S/C18H12Br2N2O2/c19-13-7-3-1-5-11(13)9-15-17(23)22-16(18(24)21-15)10-12-6-2-4-8-14(12)20/h1-10H,(H,21,24)(H,22,23)/b15-9-,16-10+. The number of rotatable bonds is 2. The van der Waals surface area contributed by atoms with Gasteiger partial charge in [-0.1, -0.05) is 68.3 Å². The molecule has 1 heterocycles. The van der Waals surface area contributed by atoms with Crippen LogP contribution < -0.4 is 21.8 Å². The van der Waals surface area contributed by atoms with Crippen LogP contribution in [-0.2, 0) is 0 Å². The maximum Gasteiger partial charge on any atom is 0.272 e. The molecule has 2 aromatic carbocycles. The second-order valence-corrected chi connectivity index (χ2v) is 6.78. The number of H-pyrrole nitrogens is 2. The van der Waals surface area contributed by atoms with Crippen molar-refractivity contribution in [1.29, 1.82) is 0 Å². The molecule has 0 saturated carbocycles. The molecule has 0 atom stereocenters. The van der Waals surface area contributed by atoms with Crippen LogP contribution in [0.2, 0.25) is 0 Å². The third kappa shape index (κ3) is 3.66. The van der Waals surface area contributed by atoms with E-state index in [1.807, 2.05) is 48.5 Å². The van der Waals surface area contributed by atoms with E-state index in [2.05, 4.69) is 41.8 Å². The minimum atomic E-state index is -0.358. The van der Waals surface area contributed by atoms with Crippen LogP contribution in [0.25, 0.3) is 12.2 Å². The molecule has 24 heavy (non-hydrogen) atoms. The number of aromatic nitrogens is 2. The van der Waals surface area contributed by atoms with E-state index in [9.17, 15) is 9.59 Å². The Labute approximate surface area is 153 Å². The molecule has 2 N–H and O–H groups in total. The van der Waals surface area contributed by atoms with Crippen molar-refractivity contribution in [3.63, 3.8) is 0 Å². The van der Waals surface area contributed by atoms with Gasteiger partial charge < -0.3 is 9.97 Å². The fourth-order valence-electron chi connectivity index (χ4n) is 2.19. The van der Waals surface area contributed by atoms with E-state index in [1.54, 1.807) is 12.2 Å². The minimum absolute atomic E-state index is 0.205. The van der Waals surface area contributed by atoms with Crippen LogP contribution in [0.5, 0.6) is 0 Å². The van der Waals surface area contributed by atoms with Crippen molar-refractivity contribution in [3.8, 4) is 0 Å². The van der Waals surface area contributed by atoms with Crippen LogP contribution in [0.15, 0.2) is 67.1 Å². The third-order valence-corrected chi connectivity index (χ3v) is 4.84. The van der Waals surface area contributed by atoms with Gasteiger partial charge in [0.1, 0.15) is 10.7 Å². The summed E-state index contributed by atoms with van der Waals surface area (Å²) in [5, 5.41) is 0.410. The average Bonchev–Trinajstić information content (AvgIpc) is 2.56. The molecule has 0 unspecified atom stereocenters. The lowest BCUT2D eigenvalue weighted by molar-refractivity contribution is 1.00. The molecule has 3 rings (SSSR count). The van der Waals surface area contributed by atoms with Gasteiger partial charge in [0.25, 0.3) is 11.1 Å². The Morgan fingerprint density at radius 1 is 0.667 bits per heavy atom. The van der Waals surface area contributed by atoms with Gasteiger partial charge >= 0.3 is 0 Å². The first-order valence-electron chi connectivity index (χ1n) is 7.10. The molecule has 0 saturated heterocycles. The molecule has 1 aromatic heterocycles. The first kappa shape index (κ1) is 16.7. The average molecular weight is 448 g/mol. The first-order chi connectivity index (χ1) is 11.5. The van der Waals surface area contributed by atoms with Crippen LogP contribution in [0.1, 0.15) is 11.1 Å². The zero-order chi connectivity index (χ0) is 17.1. The summed E-state index contributed by atoms with van der Waals surface area (Å²) in [5.74, 6) is 0. The third-order valence-electron chi connectivity index (χ3n) is 3.40. The van der Waals surface area contributed by atoms with Gasteiger partial charge in [-0.15, -0.1) is 0 Å². The summed E-state index contributed by atoms with van der Waals surface area (Å²) in [6.07, 6.45) is 3.26. The quantitative estimate of drug-likeness (QED) is 0.632. The van der Waals surface area contributed by atoms with E-state index in [4.69, 9.17) is 0 Å². The van der Waals surface area contributed by atoms with Crippen LogP contribution in [-0.4, -0.2) is 9.97 Å². The van der Waals surface area contributed by atoms with Gasteiger partial charge in [-0.3, -0.25) is 9.59 Å². The van der Waals surface area contributed by atoms with Gasteiger partial charge in [0.05, 0.1) is 0 Å². The molecule has 3 aromatic rings. The van der Waals surface area contributed by atoms with Crippen molar-refractivity contribution in [2.45, 2.75) is 0 Å². The van der Waals surface area contributed by atoms with E-state index in [1.165, 1.54) is 0 Å². The highest BCUT2D eigenvalue weighted by Gasteiger charge is 2.00. The van der Waals surface area contributed by atoms with Crippen molar-refractivity contribution < 1.29 is 0 Å². The number of hydrogen-bond donors (Lipinski definition) is 2. The number of hydrogen-bond acceptors (Lipinski definition) is 2. The van der Waals surface area contributed by atoms with Gasteiger partial charge in [0, 0.05) is 8.95 Å². The van der Waals surface area contributed by atoms with E-state index >= 15 is 0 Å². The molecule has 6 heteroatoms. The SMILES string of the molecule is O=c1[nH]/c(=C/c2ccccc2Br)c(=O)[nH]/c1=C\c1ccccc1Br. The lowest BCUT2D eigenvalue weighted by Crippen LogP contribution is -2.46. The molecule has 0 aliphatic heterocycles. The van der Waals surface area contributed by atoms with Crippen molar-refractivity contribution in [2.24, 2.45) is 0 Å². The fourth-order valence-corrected chi connectivity index (χ4v) is 2.99. The number of aromatic amines is 2. The van der Waals surface area contributed by atoms with Gasteiger partial charge in [0.15, 0.2) is 0 Å². The summed E-state index contributed by atoms with van der Waals surface area (Å²) in [4.78, 5) is 29.8. The zero-order valence-corrected chi connectivity index (χ0v) is 15.5. The Morgan fingerprint density at radius 2 is 1.04 bits per heavy atom. The highest BCUT2D eigenvalue weighted by atomic mass is 79.9. The Hall–Kier alpha value is -2.18. The molecule has 0 spiro atoms. The summed E-state index contributed by atoms with van der Waals surface area (Å²) in [5.41, 5.74) is 0.898. The summed E-state index contributed by atoms with van der Waals surface area (Å²) < 4.78 is 1.68. The van der Waals surface area contributed by atoms with Crippen LogP contribution in [0, 0.1) is 0 Å². The summed E-state index contributed by atoms with van der Waals surface area (Å²) in [6.45, 7) is 0. The largest absolute Gasteiger partial charge is 0.316 e. The summed E-state index contributed by atoms with van der Waals surface area (Å²) in [6, 6.07) is 14.9. The number of benzene rings is 2. The lowest BCUT2D eigenvalue weighted by Gasteiger charge is -1.98. The smallest absolute Gasteiger partial charge is 0.272 e. The topological polar surface area (TPSA) is 65.7 Å². The molecular formula is C18H12Br2N2O2. The molecule has 4 nitrogen and oxygen atoms in total. The van der Waals surface area contributed by atoms with Crippen LogP contribution in [0.3, 0.4) is 0 Å². The van der Waals surface area contributed by atoms with E-state index in [0.29, 0.717) is 0 Å². The first-order valence-corrected chi connectivity index (χ1v) is 8.68. The van der Waals surface area contributed by atoms with Crippen molar-refractivity contribution in [1.82, 2.24) is 9.97 Å². The minimum Gasteiger partial charge on any atom is -0.316 e. The lowest BCUT2D eigenvalue weighted by atomic mass is 10.2. The molecule has 0 fully saturated rings. The fraction of sp³-hybridized carbons (Fsp3) is 0. The van der Waals surface area contributed by atoms with Crippen molar-refractivity contribution in [3.05, 3.63) is 100 Å². The van der Waals surface area contributed by atoms with Gasteiger partial charge in [-0.25, -0.2) is 0 Å². The predicted molar refractivity (Wildman–Crippen MR) is 102 cm³/mol.